The van der Waals surface area contributed by atoms with Gasteiger partial charge in [-0.3, -0.25) is 4.79 Å². The lowest BCUT2D eigenvalue weighted by atomic mass is 10.1. The Hall–Kier alpha value is -2.91. The summed E-state index contributed by atoms with van der Waals surface area (Å²) in [6, 6.07) is 14.5. The molecule has 1 fully saturated rings. The topological polar surface area (TPSA) is 108 Å². The molecule has 1 atom stereocenters. The Morgan fingerprint density at radius 1 is 1.14 bits per heavy atom. The summed E-state index contributed by atoms with van der Waals surface area (Å²) in [4.78, 5) is 26.4. The number of hydrogen-bond donors (Lipinski definition) is 3. The summed E-state index contributed by atoms with van der Waals surface area (Å²) in [6.07, 6.45) is 1.35. The van der Waals surface area contributed by atoms with Gasteiger partial charge in [-0.15, -0.1) is 0 Å². The molecule has 0 bridgehead atoms. The lowest BCUT2D eigenvalue weighted by Gasteiger charge is -2.25. The summed E-state index contributed by atoms with van der Waals surface area (Å²) in [7, 11) is -2.28. The van der Waals surface area contributed by atoms with Crippen molar-refractivity contribution in [3.05, 3.63) is 60.2 Å². The lowest BCUT2D eigenvalue weighted by molar-refractivity contribution is -0.128. The van der Waals surface area contributed by atoms with E-state index < -0.39 is 16.1 Å². The number of anilines is 1. The van der Waals surface area contributed by atoms with Crippen molar-refractivity contribution in [1.29, 1.82) is 0 Å². The minimum Gasteiger partial charge on any atom is -0.340 e. The number of sulfonamides is 1. The summed E-state index contributed by atoms with van der Waals surface area (Å²) in [5.41, 5.74) is 1.23. The number of nitrogens with one attached hydrogen (secondary N) is 3. The molecule has 8 nitrogen and oxygen atoms in total. The Bertz CT molecular complexity index is 979. The van der Waals surface area contributed by atoms with E-state index in [4.69, 9.17) is 0 Å². The van der Waals surface area contributed by atoms with Crippen LogP contribution < -0.4 is 15.4 Å². The zero-order valence-corrected chi connectivity index (χ0v) is 16.9. The van der Waals surface area contributed by atoms with Gasteiger partial charge in [-0.1, -0.05) is 36.4 Å². The summed E-state index contributed by atoms with van der Waals surface area (Å²) in [6.45, 7) is 1.06. The van der Waals surface area contributed by atoms with Crippen LogP contribution in [0.15, 0.2) is 59.5 Å². The first-order chi connectivity index (χ1) is 13.9. The van der Waals surface area contributed by atoms with E-state index in [-0.39, 0.29) is 16.8 Å². The Labute approximate surface area is 170 Å². The molecule has 0 aliphatic carbocycles. The summed E-state index contributed by atoms with van der Waals surface area (Å²) < 4.78 is 26.1. The molecule has 2 aromatic carbocycles. The van der Waals surface area contributed by atoms with Crippen molar-refractivity contribution < 1.29 is 18.0 Å². The van der Waals surface area contributed by atoms with Crippen LogP contribution in [0.2, 0.25) is 0 Å². The number of carbonyl (C=O) groups is 2. The van der Waals surface area contributed by atoms with Gasteiger partial charge in [0.1, 0.15) is 0 Å². The SMILES string of the molecule is CNS(=O)(=O)c1cccc(NC(=O)N[C@@H](CN2CCCC2=O)c2ccccc2)c1. The third-order valence-corrected chi connectivity index (χ3v) is 6.16. The van der Waals surface area contributed by atoms with Crippen LogP contribution in [-0.4, -0.2) is 45.4 Å². The van der Waals surface area contributed by atoms with Gasteiger partial charge in [-0.05, 0) is 37.2 Å². The Morgan fingerprint density at radius 3 is 2.55 bits per heavy atom. The second-order valence-corrected chi connectivity index (χ2v) is 8.63. The maximum absolute atomic E-state index is 12.6. The van der Waals surface area contributed by atoms with E-state index >= 15 is 0 Å². The molecule has 0 radical (unpaired) electrons. The highest BCUT2D eigenvalue weighted by molar-refractivity contribution is 7.89. The molecule has 1 heterocycles. The quantitative estimate of drug-likeness (QED) is 0.642. The first kappa shape index (κ1) is 20.8. The summed E-state index contributed by atoms with van der Waals surface area (Å²) >= 11 is 0. The molecule has 2 aromatic rings. The molecular weight excluding hydrogens is 392 g/mol. The van der Waals surface area contributed by atoms with E-state index in [0.717, 1.165) is 12.0 Å². The zero-order chi connectivity index (χ0) is 20.9. The van der Waals surface area contributed by atoms with Gasteiger partial charge < -0.3 is 15.5 Å². The predicted octanol–water partition coefficient (Wildman–Crippen LogP) is 2.08. The maximum Gasteiger partial charge on any atom is 0.319 e. The van der Waals surface area contributed by atoms with Crippen LogP contribution in [0.25, 0.3) is 0 Å². The molecule has 3 amide bonds. The number of rotatable bonds is 7. The van der Waals surface area contributed by atoms with Crippen LogP contribution in [0.4, 0.5) is 10.5 Å². The average Bonchev–Trinajstić information content (AvgIpc) is 3.13. The molecule has 1 saturated heterocycles. The van der Waals surface area contributed by atoms with Crippen molar-refractivity contribution in [3.8, 4) is 0 Å². The molecule has 1 aliphatic rings. The molecule has 3 N–H and O–H groups in total. The standard InChI is InChI=1S/C20H24N4O4S/c1-21-29(27,28)17-10-5-9-16(13-17)22-20(26)23-18(15-7-3-2-4-8-15)14-24-12-6-11-19(24)25/h2-5,7-10,13,18,21H,6,11-12,14H2,1H3,(H2,22,23,26)/t18-/m0/s1. The van der Waals surface area contributed by atoms with Crippen LogP contribution in [0.5, 0.6) is 0 Å². The maximum atomic E-state index is 12.6. The van der Waals surface area contributed by atoms with Crippen molar-refractivity contribution in [2.75, 3.05) is 25.5 Å². The van der Waals surface area contributed by atoms with Crippen molar-refractivity contribution in [2.45, 2.75) is 23.8 Å². The highest BCUT2D eigenvalue weighted by Gasteiger charge is 2.25. The number of nitrogens with zero attached hydrogens (tertiary/aromatic N) is 1. The van der Waals surface area contributed by atoms with Gasteiger partial charge in [0.2, 0.25) is 15.9 Å². The van der Waals surface area contributed by atoms with Crippen LogP contribution in [0, 0.1) is 0 Å². The number of carbonyl (C=O) groups excluding carboxylic acids is 2. The summed E-state index contributed by atoms with van der Waals surface area (Å²) in [5, 5.41) is 5.56. The van der Waals surface area contributed by atoms with Crippen molar-refractivity contribution in [1.82, 2.24) is 14.9 Å². The van der Waals surface area contributed by atoms with Crippen LogP contribution in [-0.2, 0) is 14.8 Å². The van der Waals surface area contributed by atoms with Gasteiger partial charge in [0, 0.05) is 25.2 Å². The molecular formula is C20H24N4O4S. The van der Waals surface area contributed by atoms with E-state index in [2.05, 4.69) is 15.4 Å². The van der Waals surface area contributed by atoms with Crippen LogP contribution in [0.1, 0.15) is 24.4 Å². The van der Waals surface area contributed by atoms with E-state index in [1.165, 1.54) is 19.2 Å². The van der Waals surface area contributed by atoms with Crippen molar-refractivity contribution in [2.24, 2.45) is 0 Å². The first-order valence-electron chi connectivity index (χ1n) is 9.33. The summed E-state index contributed by atoms with van der Waals surface area (Å²) in [5.74, 6) is 0.0816. The third kappa shape index (κ3) is 5.33. The molecule has 154 valence electrons. The van der Waals surface area contributed by atoms with Crippen LogP contribution in [0.3, 0.4) is 0 Å². The fourth-order valence-corrected chi connectivity index (χ4v) is 4.00. The number of hydrogen-bond acceptors (Lipinski definition) is 4. The average molecular weight is 417 g/mol. The monoisotopic (exact) mass is 416 g/mol. The van der Waals surface area contributed by atoms with Gasteiger partial charge in [0.05, 0.1) is 10.9 Å². The van der Waals surface area contributed by atoms with E-state index in [1.54, 1.807) is 17.0 Å². The number of benzene rings is 2. The van der Waals surface area contributed by atoms with Crippen molar-refractivity contribution in [3.63, 3.8) is 0 Å². The molecule has 1 aliphatic heterocycles. The molecule has 0 saturated carbocycles. The first-order valence-corrected chi connectivity index (χ1v) is 10.8. The zero-order valence-electron chi connectivity index (χ0n) is 16.1. The Balaban J connectivity index is 1.73. The fraction of sp³-hybridized carbons (Fsp3) is 0.300. The normalized spacial score (nSPS) is 15.2. The van der Waals surface area contributed by atoms with Gasteiger partial charge in [0.15, 0.2) is 0 Å². The molecule has 3 rings (SSSR count). The number of likely N-dealkylation sites (tertiary alicyclic amines) is 1. The second-order valence-electron chi connectivity index (χ2n) is 6.74. The molecule has 29 heavy (non-hydrogen) atoms. The van der Waals surface area contributed by atoms with Gasteiger partial charge in [-0.25, -0.2) is 17.9 Å². The van der Waals surface area contributed by atoms with Gasteiger partial charge in [0.25, 0.3) is 0 Å². The highest BCUT2D eigenvalue weighted by Crippen LogP contribution is 2.19. The molecule has 0 unspecified atom stereocenters. The Kier molecular flexibility index (Phi) is 6.50. The van der Waals surface area contributed by atoms with E-state index in [0.29, 0.717) is 25.2 Å². The molecule has 0 aromatic heterocycles. The highest BCUT2D eigenvalue weighted by atomic mass is 32.2. The third-order valence-electron chi connectivity index (χ3n) is 4.75. The minimum absolute atomic E-state index is 0.0556. The fourth-order valence-electron chi connectivity index (χ4n) is 3.22. The molecule has 9 heteroatoms. The van der Waals surface area contributed by atoms with Gasteiger partial charge in [-0.2, -0.15) is 0 Å². The number of amides is 3. The number of urea groups is 1. The lowest BCUT2D eigenvalue weighted by Crippen LogP contribution is -2.40. The molecule has 0 spiro atoms. The Morgan fingerprint density at radius 2 is 1.90 bits per heavy atom. The van der Waals surface area contributed by atoms with E-state index in [1.807, 2.05) is 30.3 Å². The minimum atomic E-state index is -3.61. The smallest absolute Gasteiger partial charge is 0.319 e. The predicted molar refractivity (Wildman–Crippen MR) is 110 cm³/mol. The van der Waals surface area contributed by atoms with Crippen molar-refractivity contribution >= 4 is 27.6 Å². The van der Waals surface area contributed by atoms with E-state index in [9.17, 15) is 18.0 Å². The second kappa shape index (κ2) is 9.06. The van der Waals surface area contributed by atoms with Crippen LogP contribution >= 0.6 is 0 Å². The van der Waals surface area contributed by atoms with Gasteiger partial charge >= 0.3 is 6.03 Å². The largest absolute Gasteiger partial charge is 0.340 e.